The van der Waals surface area contributed by atoms with E-state index in [9.17, 15) is 9.18 Å². The van der Waals surface area contributed by atoms with Crippen molar-refractivity contribution in [3.8, 4) is 0 Å². The Morgan fingerprint density at radius 3 is 3.07 bits per heavy atom. The van der Waals surface area contributed by atoms with Gasteiger partial charge in [0.25, 0.3) is 0 Å². The molecular weight excluding hydrogens is 201 g/mol. The maximum atomic E-state index is 13.1. The Hall–Kier alpha value is -1.43. The van der Waals surface area contributed by atoms with Crippen molar-refractivity contribution in [2.24, 2.45) is 5.92 Å². The highest BCUT2D eigenvalue weighted by atomic mass is 19.1. The Morgan fingerprint density at radius 2 is 2.40 bits per heavy atom. The van der Waals surface area contributed by atoms with Crippen LogP contribution in [0, 0.1) is 11.7 Å². The van der Waals surface area contributed by atoms with Crippen LogP contribution in [0.4, 0.5) is 10.2 Å². The first-order valence-corrected chi connectivity index (χ1v) is 4.81. The van der Waals surface area contributed by atoms with Gasteiger partial charge in [0.2, 0.25) is 0 Å². The molecule has 1 saturated carbocycles. The van der Waals surface area contributed by atoms with Crippen molar-refractivity contribution in [3.05, 3.63) is 22.5 Å². The fourth-order valence-electron chi connectivity index (χ4n) is 1.68. The third-order valence-electron chi connectivity index (χ3n) is 2.60. The molecule has 0 aliphatic heterocycles. The molecule has 0 bridgehead atoms. The molecule has 1 aliphatic rings. The Kier molecular flexibility index (Phi) is 2.68. The second-order valence-corrected chi connectivity index (χ2v) is 3.76. The number of aromatic nitrogens is 2. The van der Waals surface area contributed by atoms with E-state index >= 15 is 0 Å². The van der Waals surface area contributed by atoms with E-state index in [-0.39, 0.29) is 24.4 Å². The van der Waals surface area contributed by atoms with Crippen molar-refractivity contribution in [1.29, 1.82) is 0 Å². The zero-order chi connectivity index (χ0) is 10.8. The van der Waals surface area contributed by atoms with Crippen LogP contribution in [0.3, 0.4) is 0 Å². The smallest absolute Gasteiger partial charge is 0.347 e. The highest BCUT2D eigenvalue weighted by Gasteiger charge is 2.29. The number of hydrogen-bond donors (Lipinski definition) is 3. The zero-order valence-electron chi connectivity index (χ0n) is 8.03. The van der Waals surface area contributed by atoms with Crippen LogP contribution in [0.15, 0.2) is 11.0 Å². The van der Waals surface area contributed by atoms with Crippen LogP contribution in [0.5, 0.6) is 0 Å². The summed E-state index contributed by atoms with van der Waals surface area (Å²) in [5.41, 5.74) is -0.572. The van der Waals surface area contributed by atoms with Gasteiger partial charge in [-0.15, -0.1) is 0 Å². The molecule has 1 aromatic heterocycles. The summed E-state index contributed by atoms with van der Waals surface area (Å²) in [4.78, 5) is 16.5. The van der Waals surface area contributed by atoms with Gasteiger partial charge in [-0.2, -0.15) is 4.98 Å². The van der Waals surface area contributed by atoms with Gasteiger partial charge >= 0.3 is 5.69 Å². The molecule has 0 aromatic carbocycles. The molecule has 3 N–H and O–H groups in total. The zero-order valence-corrected chi connectivity index (χ0v) is 8.03. The predicted molar refractivity (Wildman–Crippen MR) is 52.0 cm³/mol. The molecule has 6 heteroatoms. The first-order valence-electron chi connectivity index (χ1n) is 4.81. The van der Waals surface area contributed by atoms with E-state index in [1.54, 1.807) is 0 Å². The molecule has 0 unspecified atom stereocenters. The summed E-state index contributed by atoms with van der Waals surface area (Å²) in [5, 5.41) is 11.6. The fourth-order valence-corrected chi connectivity index (χ4v) is 1.68. The Balaban J connectivity index is 2.00. The normalized spacial score (nSPS) is 24.7. The molecule has 0 spiro atoms. The second kappa shape index (κ2) is 3.98. The van der Waals surface area contributed by atoms with E-state index in [4.69, 9.17) is 5.11 Å². The van der Waals surface area contributed by atoms with Gasteiger partial charge < -0.3 is 15.4 Å². The molecule has 0 amide bonds. The minimum Gasteiger partial charge on any atom is -0.396 e. The summed E-state index contributed by atoms with van der Waals surface area (Å²) in [6.07, 6.45) is 2.55. The second-order valence-electron chi connectivity index (χ2n) is 3.76. The van der Waals surface area contributed by atoms with Crippen LogP contribution in [0.2, 0.25) is 0 Å². The van der Waals surface area contributed by atoms with Crippen molar-refractivity contribution in [1.82, 2.24) is 9.97 Å². The lowest BCUT2D eigenvalue weighted by Crippen LogP contribution is -2.38. The quantitative estimate of drug-likeness (QED) is 0.665. The van der Waals surface area contributed by atoms with Crippen LogP contribution >= 0.6 is 0 Å². The van der Waals surface area contributed by atoms with Crippen LogP contribution in [0.1, 0.15) is 12.8 Å². The van der Waals surface area contributed by atoms with Gasteiger partial charge in [0.05, 0.1) is 0 Å². The lowest BCUT2D eigenvalue weighted by atomic mass is 9.81. The molecule has 15 heavy (non-hydrogen) atoms. The molecule has 0 radical (unpaired) electrons. The van der Waals surface area contributed by atoms with Crippen molar-refractivity contribution < 1.29 is 9.50 Å². The van der Waals surface area contributed by atoms with E-state index in [0.29, 0.717) is 0 Å². The average Bonchev–Trinajstić information content (AvgIpc) is 2.16. The van der Waals surface area contributed by atoms with E-state index in [2.05, 4.69) is 15.3 Å². The van der Waals surface area contributed by atoms with Gasteiger partial charge in [-0.3, -0.25) is 0 Å². The highest BCUT2D eigenvalue weighted by molar-refractivity contribution is 5.35. The summed E-state index contributed by atoms with van der Waals surface area (Å²) in [7, 11) is 0. The van der Waals surface area contributed by atoms with Gasteiger partial charge in [0.15, 0.2) is 11.6 Å². The molecule has 0 atom stereocenters. The Labute approximate surface area is 85.4 Å². The highest BCUT2D eigenvalue weighted by Crippen LogP contribution is 2.29. The number of aliphatic hydroxyl groups excluding tert-OH is 1. The van der Waals surface area contributed by atoms with Gasteiger partial charge in [-0.1, -0.05) is 0 Å². The number of rotatable bonds is 3. The molecule has 1 aliphatic carbocycles. The first kappa shape index (κ1) is 10.1. The predicted octanol–water partition coefficient (Wildman–Crippen LogP) is 0.0918. The lowest BCUT2D eigenvalue weighted by Gasteiger charge is -2.34. The molecule has 1 fully saturated rings. The number of aliphatic hydroxyl groups is 1. The number of H-pyrrole nitrogens is 1. The van der Waals surface area contributed by atoms with Crippen molar-refractivity contribution in [2.75, 3.05) is 11.9 Å². The van der Waals surface area contributed by atoms with E-state index in [1.165, 1.54) is 0 Å². The average molecular weight is 213 g/mol. The van der Waals surface area contributed by atoms with Crippen molar-refractivity contribution >= 4 is 5.82 Å². The molecule has 0 saturated heterocycles. The first-order chi connectivity index (χ1) is 7.19. The van der Waals surface area contributed by atoms with Crippen LogP contribution in [0.25, 0.3) is 0 Å². The maximum absolute atomic E-state index is 13.1. The Bertz CT molecular complexity index is 401. The third kappa shape index (κ3) is 2.15. The summed E-state index contributed by atoms with van der Waals surface area (Å²) in [6, 6.07) is 0.103. The van der Waals surface area contributed by atoms with Crippen molar-refractivity contribution in [3.63, 3.8) is 0 Å². The number of hydrogen-bond acceptors (Lipinski definition) is 4. The summed E-state index contributed by atoms with van der Waals surface area (Å²) in [5.74, 6) is -0.297. The van der Waals surface area contributed by atoms with Crippen LogP contribution < -0.4 is 11.0 Å². The summed E-state index contributed by atoms with van der Waals surface area (Å²) in [6.45, 7) is 0.156. The molecular formula is C9H12FN3O2. The van der Waals surface area contributed by atoms with E-state index < -0.39 is 11.5 Å². The molecule has 82 valence electrons. The minimum absolute atomic E-state index is 0.0138. The van der Waals surface area contributed by atoms with Crippen LogP contribution in [-0.4, -0.2) is 27.7 Å². The van der Waals surface area contributed by atoms with Gasteiger partial charge in [0.1, 0.15) is 0 Å². The molecule has 1 heterocycles. The SMILES string of the molecule is O=c1nc(N[C@H]2C[C@@H](CO)C2)c(F)c[nH]1. The summed E-state index contributed by atoms with van der Waals surface area (Å²) < 4.78 is 13.1. The van der Waals surface area contributed by atoms with Crippen LogP contribution in [-0.2, 0) is 0 Å². The number of halogens is 1. The maximum Gasteiger partial charge on any atom is 0.347 e. The topological polar surface area (TPSA) is 78.0 Å². The number of nitrogens with zero attached hydrogens (tertiary/aromatic N) is 1. The molecule has 2 rings (SSSR count). The Morgan fingerprint density at radius 1 is 1.67 bits per heavy atom. The molecule has 1 aromatic rings. The number of nitrogens with one attached hydrogen (secondary N) is 2. The summed E-state index contributed by atoms with van der Waals surface area (Å²) >= 11 is 0. The lowest BCUT2D eigenvalue weighted by molar-refractivity contribution is 0.151. The number of aromatic amines is 1. The third-order valence-corrected chi connectivity index (χ3v) is 2.60. The van der Waals surface area contributed by atoms with E-state index in [0.717, 1.165) is 19.0 Å². The standard InChI is InChI=1S/C9H12FN3O2/c10-7-3-11-9(15)13-8(7)12-6-1-5(2-6)4-14/h3,5-6,14H,1-2,4H2,(H2,11,12,13,15)/t5-,6+. The largest absolute Gasteiger partial charge is 0.396 e. The monoisotopic (exact) mass is 213 g/mol. The van der Waals surface area contributed by atoms with E-state index in [1.807, 2.05) is 0 Å². The van der Waals surface area contributed by atoms with Gasteiger partial charge in [0, 0.05) is 18.8 Å². The minimum atomic E-state index is -0.572. The number of anilines is 1. The van der Waals surface area contributed by atoms with Crippen molar-refractivity contribution in [2.45, 2.75) is 18.9 Å². The fraction of sp³-hybridized carbons (Fsp3) is 0.556. The molecule has 5 nitrogen and oxygen atoms in total. The van der Waals surface area contributed by atoms with Gasteiger partial charge in [-0.05, 0) is 18.8 Å². The van der Waals surface area contributed by atoms with Gasteiger partial charge in [-0.25, -0.2) is 9.18 Å².